The predicted molar refractivity (Wildman–Crippen MR) is 50.0 cm³/mol. The lowest BCUT2D eigenvalue weighted by Crippen LogP contribution is -1.87. The number of nitrogens with one attached hydrogen (secondary N) is 1. The van der Waals surface area contributed by atoms with Crippen molar-refractivity contribution in [1.82, 2.24) is 10.2 Å². The molecule has 1 aromatic rings. The van der Waals surface area contributed by atoms with Gasteiger partial charge in [0, 0.05) is 18.0 Å². The van der Waals surface area contributed by atoms with Gasteiger partial charge >= 0.3 is 0 Å². The summed E-state index contributed by atoms with van der Waals surface area (Å²) < 4.78 is 0. The quantitative estimate of drug-likeness (QED) is 0.509. The first kappa shape index (κ1) is 8.95. The van der Waals surface area contributed by atoms with Crippen LogP contribution in [0.15, 0.2) is 0 Å². The van der Waals surface area contributed by atoms with Crippen LogP contribution in [0.2, 0.25) is 0 Å². The molecule has 0 aliphatic rings. The molecule has 0 aromatic carbocycles. The summed E-state index contributed by atoms with van der Waals surface area (Å²) in [5, 5.41) is 6.57. The van der Waals surface area contributed by atoms with E-state index in [2.05, 4.69) is 22.0 Å². The van der Waals surface area contributed by atoms with Crippen LogP contribution in [0.1, 0.15) is 17.7 Å². The molecular weight excluding hydrogens is 174 g/mol. The summed E-state index contributed by atoms with van der Waals surface area (Å²) in [6.07, 6.45) is 0.672. The zero-order chi connectivity index (χ0) is 8.97. The third kappa shape index (κ3) is 1.93. The molecule has 0 spiro atoms. The number of halogens is 1. The Morgan fingerprint density at radius 1 is 1.67 bits per heavy atom. The lowest BCUT2D eigenvalue weighted by Gasteiger charge is -1.86. The topological polar surface area (TPSA) is 54.7 Å². The maximum atomic E-state index is 5.55. The second-order valence-electron chi connectivity index (χ2n) is 2.35. The maximum absolute atomic E-state index is 5.55. The largest absolute Gasteiger partial charge is 0.381 e. The molecule has 0 saturated heterocycles. The van der Waals surface area contributed by atoms with Crippen LogP contribution in [0.25, 0.3) is 0 Å². The van der Waals surface area contributed by atoms with Crippen LogP contribution in [0.4, 0.5) is 5.82 Å². The molecule has 4 heteroatoms. The Bertz CT molecular complexity index is 299. The molecular formula is C8H10ClN3. The Labute approximate surface area is 76.3 Å². The first-order valence-corrected chi connectivity index (χ1v) is 4.14. The molecule has 0 atom stereocenters. The Morgan fingerprint density at radius 2 is 2.42 bits per heavy atom. The van der Waals surface area contributed by atoms with Crippen LogP contribution in [-0.4, -0.2) is 16.1 Å². The van der Waals surface area contributed by atoms with E-state index < -0.39 is 0 Å². The van der Waals surface area contributed by atoms with E-state index in [-0.39, 0.29) is 0 Å². The molecule has 1 heterocycles. The Kier molecular flexibility index (Phi) is 3.01. The fourth-order valence-electron chi connectivity index (χ4n) is 0.804. The van der Waals surface area contributed by atoms with Crippen LogP contribution in [-0.2, 0) is 0 Å². The number of alkyl halides is 1. The van der Waals surface area contributed by atoms with E-state index in [1.165, 1.54) is 0 Å². The van der Waals surface area contributed by atoms with Gasteiger partial charge in [0.25, 0.3) is 0 Å². The highest BCUT2D eigenvalue weighted by atomic mass is 35.5. The van der Waals surface area contributed by atoms with E-state index in [9.17, 15) is 0 Å². The van der Waals surface area contributed by atoms with Crippen molar-refractivity contribution < 1.29 is 0 Å². The Morgan fingerprint density at radius 3 is 2.92 bits per heavy atom. The van der Waals surface area contributed by atoms with E-state index in [1.54, 1.807) is 0 Å². The maximum Gasteiger partial charge on any atom is 0.161 e. The van der Waals surface area contributed by atoms with E-state index in [0.717, 1.165) is 11.3 Å². The van der Waals surface area contributed by atoms with E-state index in [1.807, 2.05) is 6.92 Å². The van der Waals surface area contributed by atoms with Gasteiger partial charge in [-0.3, -0.25) is 5.10 Å². The smallest absolute Gasteiger partial charge is 0.161 e. The van der Waals surface area contributed by atoms with Gasteiger partial charge in [0.15, 0.2) is 5.82 Å². The van der Waals surface area contributed by atoms with Gasteiger partial charge in [-0.25, -0.2) is 0 Å². The first-order chi connectivity index (χ1) is 5.75. The minimum absolute atomic E-state index is 0.453. The number of nitrogens with zero attached hydrogens (tertiary/aromatic N) is 1. The van der Waals surface area contributed by atoms with E-state index >= 15 is 0 Å². The summed E-state index contributed by atoms with van der Waals surface area (Å²) in [6, 6.07) is 0. The number of aromatic amines is 1. The number of rotatable bonds is 1. The SMILES string of the molecule is Cc1[nH]nc(N)c1C#CCCCl. The molecule has 0 bridgehead atoms. The number of aryl methyl sites for hydroxylation is 1. The number of anilines is 1. The van der Waals surface area contributed by atoms with Crippen molar-refractivity contribution in [3.05, 3.63) is 11.3 Å². The first-order valence-electron chi connectivity index (χ1n) is 3.61. The number of nitrogens with two attached hydrogens (primary N) is 1. The number of hydrogen-bond donors (Lipinski definition) is 2. The van der Waals surface area contributed by atoms with Crippen LogP contribution < -0.4 is 5.73 Å². The zero-order valence-corrected chi connectivity index (χ0v) is 7.57. The molecule has 0 amide bonds. The fourth-order valence-corrected chi connectivity index (χ4v) is 0.898. The molecule has 3 nitrogen and oxygen atoms in total. The normalized spacial score (nSPS) is 9.17. The van der Waals surface area contributed by atoms with Gasteiger partial charge in [0.05, 0.1) is 5.56 Å². The lowest BCUT2D eigenvalue weighted by atomic mass is 10.2. The summed E-state index contributed by atoms with van der Waals surface area (Å²) in [4.78, 5) is 0. The predicted octanol–water partition coefficient (Wildman–Crippen LogP) is 1.28. The average Bonchev–Trinajstić information content (AvgIpc) is 2.35. The molecule has 12 heavy (non-hydrogen) atoms. The van der Waals surface area contributed by atoms with Crippen molar-refractivity contribution in [2.24, 2.45) is 0 Å². The molecule has 1 aromatic heterocycles. The molecule has 0 saturated carbocycles. The van der Waals surface area contributed by atoms with Gasteiger partial charge in [0.2, 0.25) is 0 Å². The second kappa shape index (κ2) is 4.03. The molecule has 0 unspecified atom stereocenters. The van der Waals surface area contributed by atoms with Crippen molar-refractivity contribution in [3.63, 3.8) is 0 Å². The van der Waals surface area contributed by atoms with Crippen molar-refractivity contribution in [3.8, 4) is 11.8 Å². The van der Waals surface area contributed by atoms with Crippen LogP contribution in [0, 0.1) is 18.8 Å². The summed E-state index contributed by atoms with van der Waals surface area (Å²) in [7, 11) is 0. The summed E-state index contributed by atoms with van der Waals surface area (Å²) in [6.45, 7) is 1.88. The molecule has 0 radical (unpaired) electrons. The van der Waals surface area contributed by atoms with Gasteiger partial charge < -0.3 is 5.73 Å². The van der Waals surface area contributed by atoms with E-state index in [0.29, 0.717) is 18.1 Å². The highest BCUT2D eigenvalue weighted by Gasteiger charge is 2.01. The average molecular weight is 184 g/mol. The monoisotopic (exact) mass is 183 g/mol. The fraction of sp³-hybridized carbons (Fsp3) is 0.375. The van der Waals surface area contributed by atoms with Crippen LogP contribution in [0.5, 0.6) is 0 Å². The number of hydrogen-bond acceptors (Lipinski definition) is 2. The minimum atomic E-state index is 0.453. The third-order valence-electron chi connectivity index (χ3n) is 1.41. The lowest BCUT2D eigenvalue weighted by molar-refractivity contribution is 1.05. The highest BCUT2D eigenvalue weighted by molar-refractivity contribution is 6.18. The standard InChI is InChI=1S/C8H10ClN3/c1-6-7(4-2-3-5-9)8(10)12-11-6/h3,5H2,1H3,(H3,10,11,12). The van der Waals surface area contributed by atoms with Crippen LogP contribution in [0.3, 0.4) is 0 Å². The highest BCUT2D eigenvalue weighted by Crippen LogP contribution is 2.09. The van der Waals surface area contributed by atoms with Crippen molar-refractivity contribution >= 4 is 17.4 Å². The molecule has 1 rings (SSSR count). The Balaban J connectivity index is 2.82. The number of aromatic nitrogens is 2. The third-order valence-corrected chi connectivity index (χ3v) is 1.60. The summed E-state index contributed by atoms with van der Waals surface area (Å²) >= 11 is 5.46. The number of H-pyrrole nitrogens is 1. The van der Waals surface area contributed by atoms with Crippen LogP contribution >= 0.6 is 11.6 Å². The Hall–Kier alpha value is -1.14. The van der Waals surface area contributed by atoms with E-state index in [4.69, 9.17) is 17.3 Å². The van der Waals surface area contributed by atoms with Crippen molar-refractivity contribution in [1.29, 1.82) is 0 Å². The van der Waals surface area contributed by atoms with Crippen molar-refractivity contribution in [2.75, 3.05) is 11.6 Å². The molecule has 0 aliphatic heterocycles. The van der Waals surface area contributed by atoms with Gasteiger partial charge in [-0.15, -0.1) is 11.6 Å². The minimum Gasteiger partial charge on any atom is -0.381 e. The van der Waals surface area contributed by atoms with Gasteiger partial charge in [-0.05, 0) is 6.92 Å². The summed E-state index contributed by atoms with van der Waals surface area (Å²) in [5.74, 6) is 6.80. The summed E-state index contributed by atoms with van der Waals surface area (Å²) in [5.41, 5.74) is 7.22. The van der Waals surface area contributed by atoms with Gasteiger partial charge in [0.1, 0.15) is 0 Å². The molecule has 64 valence electrons. The van der Waals surface area contributed by atoms with Gasteiger partial charge in [-0.1, -0.05) is 11.8 Å². The van der Waals surface area contributed by atoms with Gasteiger partial charge in [-0.2, -0.15) is 5.10 Å². The molecule has 0 aliphatic carbocycles. The second-order valence-corrected chi connectivity index (χ2v) is 2.73. The van der Waals surface area contributed by atoms with Crippen molar-refractivity contribution in [2.45, 2.75) is 13.3 Å². The zero-order valence-electron chi connectivity index (χ0n) is 6.82. The molecule has 0 fully saturated rings. The number of nitrogen functional groups attached to an aromatic ring is 1. The molecule has 3 N–H and O–H groups in total.